The Balaban J connectivity index is 3.00. The number of hydrogen-bond donors (Lipinski definition) is 0. The Morgan fingerprint density at radius 3 is 2.50 bits per heavy atom. The van der Waals surface area contributed by atoms with Crippen LogP contribution in [0.3, 0.4) is 0 Å². The molecule has 3 nitrogen and oxygen atoms in total. The van der Waals surface area contributed by atoms with Crippen molar-refractivity contribution in [3.8, 4) is 5.75 Å². The van der Waals surface area contributed by atoms with Gasteiger partial charge in [0.2, 0.25) is 5.39 Å². The third kappa shape index (κ3) is 1.22. The van der Waals surface area contributed by atoms with Crippen LogP contribution in [0.25, 0.3) is 15.7 Å². The highest BCUT2D eigenvalue weighted by Gasteiger charge is 2.14. The molecule has 4 heteroatoms. The largest absolute Gasteiger partial charge is 0.867 e. The molecule has 0 aliphatic carbocycles. The van der Waals surface area contributed by atoms with E-state index in [2.05, 4.69) is 20.9 Å². The summed E-state index contributed by atoms with van der Waals surface area (Å²) in [5.74, 6) is -0.293. The van der Waals surface area contributed by atoms with Crippen LogP contribution in [0.1, 0.15) is 0 Å². The van der Waals surface area contributed by atoms with E-state index in [1.54, 1.807) is 12.1 Å². The van der Waals surface area contributed by atoms with Crippen molar-refractivity contribution in [2.24, 2.45) is 0 Å². The number of fused-ring (bicyclic) bond motifs is 1. The van der Waals surface area contributed by atoms with Crippen LogP contribution in [0, 0.1) is 5.39 Å². The highest BCUT2D eigenvalue weighted by Crippen LogP contribution is 2.37. The molecular formula is C10H5BrN2O. The van der Waals surface area contributed by atoms with Crippen molar-refractivity contribution in [1.29, 1.82) is 5.39 Å². The first-order valence-corrected chi connectivity index (χ1v) is 4.76. The minimum absolute atomic E-state index is 0.0869. The smallest absolute Gasteiger partial charge is 0.385 e. The molecule has 0 N–H and O–H groups in total. The van der Waals surface area contributed by atoms with Gasteiger partial charge in [0.1, 0.15) is 0 Å². The normalized spacial score (nSPS) is 10.0. The second kappa shape index (κ2) is 3.28. The molecule has 0 fully saturated rings. The molecule has 0 aliphatic rings. The average Bonchev–Trinajstić information content (AvgIpc) is 2.18. The van der Waals surface area contributed by atoms with Gasteiger partial charge in [0.15, 0.2) is 4.98 Å². The molecule has 68 valence electrons. The molecule has 0 bridgehead atoms. The summed E-state index contributed by atoms with van der Waals surface area (Å²) < 4.78 is 0.713. The van der Waals surface area contributed by atoms with Gasteiger partial charge in [-0.3, -0.25) is 0 Å². The highest BCUT2D eigenvalue weighted by molar-refractivity contribution is 9.10. The van der Waals surface area contributed by atoms with Gasteiger partial charge in [0, 0.05) is 9.86 Å². The summed E-state index contributed by atoms with van der Waals surface area (Å²) in [5.41, 5.74) is 0.0869. The first-order valence-electron chi connectivity index (χ1n) is 3.97. The van der Waals surface area contributed by atoms with Crippen LogP contribution in [0.4, 0.5) is 5.69 Å². The van der Waals surface area contributed by atoms with E-state index >= 15 is 0 Å². The van der Waals surface area contributed by atoms with Crippen LogP contribution in [-0.2, 0) is 0 Å². The Morgan fingerprint density at radius 2 is 1.86 bits per heavy atom. The van der Waals surface area contributed by atoms with E-state index < -0.39 is 0 Å². The minimum Gasteiger partial charge on any atom is -0.867 e. The van der Waals surface area contributed by atoms with Crippen molar-refractivity contribution < 1.29 is 5.11 Å². The van der Waals surface area contributed by atoms with E-state index in [-0.39, 0.29) is 11.4 Å². The van der Waals surface area contributed by atoms with Crippen molar-refractivity contribution in [2.45, 2.75) is 0 Å². The maximum Gasteiger partial charge on any atom is 0.385 e. The molecule has 0 amide bonds. The molecule has 2 aromatic rings. The van der Waals surface area contributed by atoms with Gasteiger partial charge in [-0.25, -0.2) is 0 Å². The van der Waals surface area contributed by atoms with Crippen LogP contribution in [0.2, 0.25) is 0 Å². The summed E-state index contributed by atoms with van der Waals surface area (Å²) in [6.45, 7) is 0. The van der Waals surface area contributed by atoms with Gasteiger partial charge in [-0.2, -0.15) is 0 Å². The van der Waals surface area contributed by atoms with E-state index in [0.717, 1.165) is 5.39 Å². The SMILES string of the molecule is N#[N+]c1c([O-])cc(Br)c2ccccc12. The number of nitrogens with zero attached hydrogens (tertiary/aromatic N) is 2. The molecule has 2 rings (SSSR count). The van der Waals surface area contributed by atoms with Crippen molar-refractivity contribution in [2.75, 3.05) is 0 Å². The first-order chi connectivity index (χ1) is 6.74. The van der Waals surface area contributed by atoms with Gasteiger partial charge in [-0.1, -0.05) is 34.1 Å². The number of halogens is 1. The van der Waals surface area contributed by atoms with Gasteiger partial charge >= 0.3 is 5.69 Å². The van der Waals surface area contributed by atoms with Crippen LogP contribution in [-0.4, -0.2) is 0 Å². The van der Waals surface area contributed by atoms with Crippen molar-refractivity contribution in [3.05, 3.63) is 39.8 Å². The number of benzene rings is 2. The Kier molecular flexibility index (Phi) is 2.10. The fourth-order valence-corrected chi connectivity index (χ4v) is 1.95. The molecule has 0 spiro atoms. The van der Waals surface area contributed by atoms with Gasteiger partial charge in [-0.05, 0) is 17.9 Å². The van der Waals surface area contributed by atoms with Crippen molar-refractivity contribution in [1.82, 2.24) is 0 Å². The van der Waals surface area contributed by atoms with Gasteiger partial charge in [0.05, 0.1) is 5.39 Å². The fraction of sp³-hybridized carbons (Fsp3) is 0. The molecule has 0 saturated heterocycles. The minimum atomic E-state index is -0.293. The third-order valence-corrected chi connectivity index (χ3v) is 2.69. The average molecular weight is 249 g/mol. The van der Waals surface area contributed by atoms with Crippen LogP contribution < -0.4 is 5.11 Å². The zero-order valence-corrected chi connectivity index (χ0v) is 8.65. The zero-order valence-electron chi connectivity index (χ0n) is 7.07. The summed E-state index contributed by atoms with van der Waals surface area (Å²) in [5, 5.41) is 21.6. The monoisotopic (exact) mass is 248 g/mol. The lowest BCUT2D eigenvalue weighted by atomic mass is 10.1. The molecule has 0 atom stereocenters. The van der Waals surface area contributed by atoms with Gasteiger partial charge in [0.25, 0.3) is 0 Å². The maximum absolute atomic E-state index is 11.4. The summed E-state index contributed by atoms with van der Waals surface area (Å²) in [4.78, 5) is 3.01. The fourth-order valence-electron chi connectivity index (χ4n) is 1.39. The predicted molar refractivity (Wildman–Crippen MR) is 55.8 cm³/mol. The lowest BCUT2D eigenvalue weighted by Crippen LogP contribution is -1.90. The Bertz CT molecular complexity index is 546. The highest BCUT2D eigenvalue weighted by atomic mass is 79.9. The van der Waals surface area contributed by atoms with E-state index in [0.29, 0.717) is 9.86 Å². The number of diazo groups is 1. The Hall–Kier alpha value is -1.60. The maximum atomic E-state index is 11.4. The molecule has 0 aliphatic heterocycles. The summed E-state index contributed by atoms with van der Waals surface area (Å²) in [6, 6.07) is 8.66. The van der Waals surface area contributed by atoms with E-state index in [4.69, 9.17) is 5.39 Å². The molecule has 0 heterocycles. The Morgan fingerprint density at radius 1 is 1.21 bits per heavy atom. The Labute approximate surface area is 88.7 Å². The van der Waals surface area contributed by atoms with Gasteiger partial charge in [-0.15, -0.1) is 0 Å². The van der Waals surface area contributed by atoms with Crippen LogP contribution in [0.5, 0.6) is 5.75 Å². The predicted octanol–water partition coefficient (Wildman–Crippen LogP) is 3.16. The summed E-state index contributed by atoms with van der Waals surface area (Å²) in [6.07, 6.45) is 0. The second-order valence-electron chi connectivity index (χ2n) is 2.85. The lowest BCUT2D eigenvalue weighted by molar-refractivity contribution is -0.266. The molecule has 0 saturated carbocycles. The summed E-state index contributed by atoms with van der Waals surface area (Å²) >= 11 is 3.29. The van der Waals surface area contributed by atoms with Crippen molar-refractivity contribution >= 4 is 32.4 Å². The second-order valence-corrected chi connectivity index (χ2v) is 3.71. The summed E-state index contributed by atoms with van der Waals surface area (Å²) in [7, 11) is 0. The van der Waals surface area contributed by atoms with E-state index in [1.165, 1.54) is 6.07 Å². The number of rotatable bonds is 0. The lowest BCUT2D eigenvalue weighted by Gasteiger charge is -2.05. The molecule has 14 heavy (non-hydrogen) atoms. The standard InChI is InChI=1S/C10H5BrN2O/c11-8-5-9(14)10(13-12)7-4-2-1-3-6(7)8/h1-5H. The van der Waals surface area contributed by atoms with E-state index in [9.17, 15) is 5.11 Å². The molecule has 0 aromatic heterocycles. The van der Waals surface area contributed by atoms with Crippen LogP contribution in [0.15, 0.2) is 34.8 Å². The third-order valence-electron chi connectivity index (χ3n) is 2.03. The zero-order chi connectivity index (χ0) is 10.1. The first kappa shape index (κ1) is 8.97. The van der Waals surface area contributed by atoms with Crippen molar-refractivity contribution in [3.63, 3.8) is 0 Å². The van der Waals surface area contributed by atoms with E-state index in [1.807, 2.05) is 12.1 Å². The quantitative estimate of drug-likeness (QED) is 0.673. The molecule has 2 aromatic carbocycles. The number of hydrogen-bond acceptors (Lipinski definition) is 2. The topological polar surface area (TPSA) is 51.2 Å². The van der Waals surface area contributed by atoms with Gasteiger partial charge < -0.3 is 5.11 Å². The molecule has 0 unspecified atom stereocenters. The molecule has 0 radical (unpaired) electrons. The van der Waals surface area contributed by atoms with Crippen LogP contribution >= 0.6 is 15.9 Å². The molecular weight excluding hydrogens is 244 g/mol.